The predicted molar refractivity (Wildman–Crippen MR) is 79.5 cm³/mol. The maximum atomic E-state index is 12.4. The van der Waals surface area contributed by atoms with Gasteiger partial charge in [0.05, 0.1) is 0 Å². The molecular weight excluding hydrogens is 252 g/mol. The SMILES string of the molecule is CC(=O)CC(O)(CCc1ccccc1)C(=O)C(C)(C)C. The average molecular weight is 276 g/mol. The van der Waals surface area contributed by atoms with Gasteiger partial charge in [0.2, 0.25) is 0 Å². The summed E-state index contributed by atoms with van der Waals surface area (Å²) in [7, 11) is 0. The number of aryl methyl sites for hydroxylation is 1. The highest BCUT2D eigenvalue weighted by molar-refractivity contribution is 5.95. The highest BCUT2D eigenvalue weighted by Crippen LogP contribution is 2.29. The van der Waals surface area contributed by atoms with Crippen LogP contribution >= 0.6 is 0 Å². The van der Waals surface area contributed by atoms with E-state index in [1.807, 2.05) is 30.3 Å². The van der Waals surface area contributed by atoms with E-state index in [1.165, 1.54) is 6.92 Å². The van der Waals surface area contributed by atoms with Crippen molar-refractivity contribution in [2.24, 2.45) is 5.41 Å². The van der Waals surface area contributed by atoms with Gasteiger partial charge in [-0.25, -0.2) is 0 Å². The molecule has 1 atom stereocenters. The molecule has 0 fully saturated rings. The summed E-state index contributed by atoms with van der Waals surface area (Å²) in [5, 5.41) is 10.7. The van der Waals surface area contributed by atoms with Crippen LogP contribution < -0.4 is 0 Å². The second-order valence-corrected chi connectivity index (χ2v) is 6.48. The fourth-order valence-corrected chi connectivity index (χ4v) is 2.39. The molecule has 3 heteroatoms. The highest BCUT2D eigenvalue weighted by atomic mass is 16.3. The van der Waals surface area contributed by atoms with Gasteiger partial charge < -0.3 is 5.11 Å². The highest BCUT2D eigenvalue weighted by Gasteiger charge is 2.42. The number of Topliss-reactive ketones (excluding diaryl/α,β-unsaturated/α-hetero) is 2. The molecule has 0 aromatic heterocycles. The van der Waals surface area contributed by atoms with Crippen molar-refractivity contribution in [3.63, 3.8) is 0 Å². The van der Waals surface area contributed by atoms with Gasteiger partial charge in [-0.15, -0.1) is 0 Å². The molecule has 0 aliphatic carbocycles. The minimum Gasteiger partial charge on any atom is -0.382 e. The third kappa shape index (κ3) is 4.57. The molecule has 0 saturated carbocycles. The number of benzene rings is 1. The Labute approximate surface area is 121 Å². The summed E-state index contributed by atoms with van der Waals surface area (Å²) >= 11 is 0. The van der Waals surface area contributed by atoms with Gasteiger partial charge in [0.25, 0.3) is 0 Å². The van der Waals surface area contributed by atoms with Gasteiger partial charge in [-0.3, -0.25) is 9.59 Å². The van der Waals surface area contributed by atoms with Crippen molar-refractivity contribution in [1.82, 2.24) is 0 Å². The molecule has 0 aliphatic heterocycles. The lowest BCUT2D eigenvalue weighted by molar-refractivity contribution is -0.150. The molecular formula is C17H24O3. The minimum absolute atomic E-state index is 0.115. The zero-order valence-corrected chi connectivity index (χ0v) is 12.8. The Kier molecular flexibility index (Phi) is 5.23. The smallest absolute Gasteiger partial charge is 0.170 e. The third-order valence-corrected chi connectivity index (χ3v) is 3.32. The lowest BCUT2D eigenvalue weighted by Gasteiger charge is -2.32. The topological polar surface area (TPSA) is 54.4 Å². The van der Waals surface area contributed by atoms with Gasteiger partial charge in [-0.1, -0.05) is 51.1 Å². The van der Waals surface area contributed by atoms with Crippen molar-refractivity contribution in [3.05, 3.63) is 35.9 Å². The fourth-order valence-electron chi connectivity index (χ4n) is 2.39. The Morgan fingerprint density at radius 2 is 1.65 bits per heavy atom. The largest absolute Gasteiger partial charge is 0.382 e. The molecule has 0 amide bonds. The normalized spacial score (nSPS) is 14.7. The zero-order chi connectivity index (χ0) is 15.4. The first-order chi connectivity index (χ1) is 9.15. The number of aliphatic hydroxyl groups is 1. The molecule has 20 heavy (non-hydrogen) atoms. The molecule has 1 N–H and O–H groups in total. The number of hydrogen-bond acceptors (Lipinski definition) is 3. The third-order valence-electron chi connectivity index (χ3n) is 3.32. The second kappa shape index (κ2) is 6.31. The zero-order valence-electron chi connectivity index (χ0n) is 12.8. The molecule has 0 bridgehead atoms. The number of carbonyl (C=O) groups is 2. The summed E-state index contributed by atoms with van der Waals surface area (Å²) in [6.07, 6.45) is 0.731. The predicted octanol–water partition coefficient (Wildman–Crippen LogP) is 2.94. The van der Waals surface area contributed by atoms with Crippen LogP contribution in [-0.2, 0) is 16.0 Å². The van der Waals surface area contributed by atoms with Crippen LogP contribution in [0.5, 0.6) is 0 Å². The van der Waals surface area contributed by atoms with Crippen LogP contribution in [0, 0.1) is 5.41 Å². The molecule has 3 nitrogen and oxygen atoms in total. The first-order valence-corrected chi connectivity index (χ1v) is 6.96. The van der Waals surface area contributed by atoms with Crippen molar-refractivity contribution in [3.8, 4) is 0 Å². The van der Waals surface area contributed by atoms with E-state index in [0.717, 1.165) is 5.56 Å². The van der Waals surface area contributed by atoms with Crippen LogP contribution in [-0.4, -0.2) is 22.3 Å². The summed E-state index contributed by atoms with van der Waals surface area (Å²) in [6.45, 7) is 6.71. The molecule has 0 heterocycles. The van der Waals surface area contributed by atoms with E-state index in [-0.39, 0.29) is 24.4 Å². The summed E-state index contributed by atoms with van der Waals surface area (Å²) in [5.74, 6) is -0.436. The molecule has 0 aliphatic rings. The van der Waals surface area contributed by atoms with Crippen molar-refractivity contribution in [2.75, 3.05) is 0 Å². The summed E-state index contributed by atoms with van der Waals surface area (Å²) in [5.41, 5.74) is -1.18. The lowest BCUT2D eigenvalue weighted by Crippen LogP contribution is -2.47. The Bertz CT molecular complexity index is 471. The maximum Gasteiger partial charge on any atom is 0.170 e. The van der Waals surface area contributed by atoms with Gasteiger partial charge in [0.15, 0.2) is 5.78 Å². The number of hydrogen-bond donors (Lipinski definition) is 1. The van der Waals surface area contributed by atoms with Crippen LogP contribution in [0.2, 0.25) is 0 Å². The van der Waals surface area contributed by atoms with Crippen molar-refractivity contribution in [2.45, 2.75) is 52.6 Å². The van der Waals surface area contributed by atoms with E-state index in [0.29, 0.717) is 6.42 Å². The van der Waals surface area contributed by atoms with Crippen LogP contribution in [0.3, 0.4) is 0 Å². The Morgan fingerprint density at radius 3 is 2.10 bits per heavy atom. The second-order valence-electron chi connectivity index (χ2n) is 6.48. The van der Waals surface area contributed by atoms with Gasteiger partial charge in [-0.2, -0.15) is 0 Å². The molecule has 110 valence electrons. The molecule has 0 spiro atoms. The van der Waals surface area contributed by atoms with Gasteiger partial charge in [0, 0.05) is 11.8 Å². The van der Waals surface area contributed by atoms with Crippen molar-refractivity contribution in [1.29, 1.82) is 0 Å². The molecule has 1 aromatic carbocycles. The first-order valence-electron chi connectivity index (χ1n) is 6.96. The number of rotatable bonds is 6. The van der Waals surface area contributed by atoms with Gasteiger partial charge in [-0.05, 0) is 25.3 Å². The average Bonchev–Trinajstić information content (AvgIpc) is 2.35. The minimum atomic E-state index is -1.57. The Morgan fingerprint density at radius 1 is 1.10 bits per heavy atom. The van der Waals surface area contributed by atoms with E-state index in [4.69, 9.17) is 0 Å². The molecule has 1 aromatic rings. The monoisotopic (exact) mass is 276 g/mol. The Hall–Kier alpha value is -1.48. The fraction of sp³-hybridized carbons (Fsp3) is 0.529. The molecule has 0 saturated heterocycles. The quantitative estimate of drug-likeness (QED) is 0.869. The van der Waals surface area contributed by atoms with E-state index >= 15 is 0 Å². The van der Waals surface area contributed by atoms with Gasteiger partial charge in [0.1, 0.15) is 11.4 Å². The summed E-state index contributed by atoms with van der Waals surface area (Å²) < 4.78 is 0. The van der Waals surface area contributed by atoms with E-state index in [1.54, 1.807) is 20.8 Å². The summed E-state index contributed by atoms with van der Waals surface area (Å²) in [6, 6.07) is 9.67. The Balaban J connectivity index is 2.89. The van der Waals surface area contributed by atoms with Gasteiger partial charge >= 0.3 is 0 Å². The first kappa shape index (κ1) is 16.6. The van der Waals surface area contributed by atoms with Crippen molar-refractivity contribution < 1.29 is 14.7 Å². The van der Waals surface area contributed by atoms with E-state index in [2.05, 4.69) is 0 Å². The standard InChI is InChI=1S/C17H24O3/c1-13(18)12-17(20,15(19)16(2,3)4)11-10-14-8-6-5-7-9-14/h5-9,20H,10-12H2,1-4H3. The summed E-state index contributed by atoms with van der Waals surface area (Å²) in [4.78, 5) is 23.8. The number of ketones is 2. The van der Waals surface area contributed by atoms with Crippen LogP contribution in [0.1, 0.15) is 46.1 Å². The van der Waals surface area contributed by atoms with Crippen molar-refractivity contribution >= 4 is 11.6 Å². The van der Waals surface area contributed by atoms with Crippen LogP contribution in [0.25, 0.3) is 0 Å². The molecule has 0 radical (unpaired) electrons. The lowest BCUT2D eigenvalue weighted by atomic mass is 9.75. The van der Waals surface area contributed by atoms with Crippen LogP contribution in [0.4, 0.5) is 0 Å². The van der Waals surface area contributed by atoms with E-state index in [9.17, 15) is 14.7 Å². The maximum absolute atomic E-state index is 12.4. The van der Waals surface area contributed by atoms with Crippen LogP contribution in [0.15, 0.2) is 30.3 Å². The molecule has 1 unspecified atom stereocenters. The molecule has 1 rings (SSSR count). The van der Waals surface area contributed by atoms with E-state index < -0.39 is 11.0 Å². The number of carbonyl (C=O) groups excluding carboxylic acids is 2.